The normalized spacial score (nSPS) is 10.1. The van der Waals surface area contributed by atoms with E-state index in [-0.39, 0.29) is 12.5 Å². The van der Waals surface area contributed by atoms with Crippen LogP contribution in [-0.2, 0) is 14.3 Å². The number of rotatable bonds is 6. The smallest absolute Gasteiger partial charge is 0.338 e. The molecule has 0 atom stereocenters. The lowest BCUT2D eigenvalue weighted by molar-refractivity contribution is -0.127. The highest BCUT2D eigenvalue weighted by atomic mass is 16.5. The number of ether oxygens (including phenoxy) is 1. The Morgan fingerprint density at radius 3 is 2.43 bits per heavy atom. The molecular weight excluding hydrogens is 296 g/mol. The van der Waals surface area contributed by atoms with Crippen molar-refractivity contribution in [2.45, 2.75) is 6.92 Å². The van der Waals surface area contributed by atoms with Gasteiger partial charge in [0.15, 0.2) is 6.61 Å². The molecule has 0 saturated carbocycles. The van der Waals surface area contributed by atoms with E-state index in [1.807, 2.05) is 30.3 Å². The van der Waals surface area contributed by atoms with Gasteiger partial charge in [-0.1, -0.05) is 30.3 Å². The summed E-state index contributed by atoms with van der Waals surface area (Å²) in [5.41, 5.74) is 0.375. The van der Waals surface area contributed by atoms with Crippen LogP contribution in [0.5, 0.6) is 0 Å². The molecule has 0 bridgehead atoms. The standard InChI is InChI=1S/C17H18N2O4/c1-2-18-15(20)10-19-16(21)11-23-17(22)14-8-7-12-5-3-4-6-13(12)9-14/h3-9H,2,10-11H2,1H3,(H,18,20)(H,19,21). The van der Waals surface area contributed by atoms with Gasteiger partial charge in [-0.2, -0.15) is 0 Å². The molecule has 2 rings (SSSR count). The zero-order valence-electron chi connectivity index (χ0n) is 12.8. The average Bonchev–Trinajstić information content (AvgIpc) is 2.57. The highest BCUT2D eigenvalue weighted by molar-refractivity contribution is 5.96. The first-order valence-corrected chi connectivity index (χ1v) is 7.29. The fourth-order valence-corrected chi connectivity index (χ4v) is 2.02. The van der Waals surface area contributed by atoms with Crippen molar-refractivity contribution in [2.75, 3.05) is 19.7 Å². The molecule has 2 aromatic rings. The summed E-state index contributed by atoms with van der Waals surface area (Å²) in [6.07, 6.45) is 0. The van der Waals surface area contributed by atoms with Crippen molar-refractivity contribution >= 4 is 28.6 Å². The lowest BCUT2D eigenvalue weighted by atomic mass is 10.1. The van der Waals surface area contributed by atoms with Crippen LogP contribution in [0.25, 0.3) is 10.8 Å². The zero-order chi connectivity index (χ0) is 16.7. The molecule has 2 N–H and O–H groups in total. The van der Waals surface area contributed by atoms with E-state index in [9.17, 15) is 14.4 Å². The van der Waals surface area contributed by atoms with Crippen LogP contribution in [0.2, 0.25) is 0 Å². The minimum Gasteiger partial charge on any atom is -0.452 e. The second-order valence-corrected chi connectivity index (χ2v) is 4.87. The van der Waals surface area contributed by atoms with Gasteiger partial charge in [0.1, 0.15) is 0 Å². The van der Waals surface area contributed by atoms with E-state index in [4.69, 9.17) is 4.74 Å². The molecule has 120 valence electrons. The average molecular weight is 314 g/mol. The second-order valence-electron chi connectivity index (χ2n) is 4.87. The third kappa shape index (κ3) is 4.81. The van der Waals surface area contributed by atoms with E-state index in [1.165, 1.54) is 0 Å². The molecule has 0 spiro atoms. The monoisotopic (exact) mass is 314 g/mol. The van der Waals surface area contributed by atoms with Crippen molar-refractivity contribution in [3.8, 4) is 0 Å². The molecule has 23 heavy (non-hydrogen) atoms. The summed E-state index contributed by atoms with van der Waals surface area (Å²) in [5.74, 6) is -1.39. The van der Waals surface area contributed by atoms with Crippen LogP contribution in [0, 0.1) is 0 Å². The van der Waals surface area contributed by atoms with Gasteiger partial charge in [-0.25, -0.2) is 4.79 Å². The molecule has 0 fully saturated rings. The SMILES string of the molecule is CCNC(=O)CNC(=O)COC(=O)c1ccc2ccccc2c1. The van der Waals surface area contributed by atoms with Gasteiger partial charge < -0.3 is 15.4 Å². The number of fused-ring (bicyclic) bond motifs is 1. The van der Waals surface area contributed by atoms with Crippen molar-refractivity contribution in [1.29, 1.82) is 0 Å². The van der Waals surface area contributed by atoms with Gasteiger partial charge in [0.25, 0.3) is 5.91 Å². The number of likely N-dealkylation sites (N-methyl/N-ethyl adjacent to an activating group) is 1. The van der Waals surface area contributed by atoms with Crippen LogP contribution in [-0.4, -0.2) is 37.5 Å². The van der Waals surface area contributed by atoms with E-state index in [1.54, 1.807) is 19.1 Å². The van der Waals surface area contributed by atoms with Crippen molar-refractivity contribution in [3.05, 3.63) is 48.0 Å². The highest BCUT2D eigenvalue weighted by Gasteiger charge is 2.11. The first-order valence-electron chi connectivity index (χ1n) is 7.29. The van der Waals surface area contributed by atoms with Crippen molar-refractivity contribution in [3.63, 3.8) is 0 Å². The van der Waals surface area contributed by atoms with Gasteiger partial charge in [0.05, 0.1) is 12.1 Å². The first-order chi connectivity index (χ1) is 11.1. The Morgan fingerprint density at radius 1 is 0.957 bits per heavy atom. The quantitative estimate of drug-likeness (QED) is 0.786. The summed E-state index contributed by atoms with van der Waals surface area (Å²) >= 11 is 0. The predicted molar refractivity (Wildman–Crippen MR) is 85.9 cm³/mol. The molecule has 2 aromatic carbocycles. The molecule has 0 saturated heterocycles. The van der Waals surface area contributed by atoms with Crippen LogP contribution in [0.3, 0.4) is 0 Å². The fraction of sp³-hybridized carbons (Fsp3) is 0.235. The Labute approximate surface area is 133 Å². The minimum atomic E-state index is -0.580. The molecule has 6 nitrogen and oxygen atoms in total. The molecule has 0 radical (unpaired) electrons. The van der Waals surface area contributed by atoms with Gasteiger partial charge >= 0.3 is 5.97 Å². The number of carbonyl (C=O) groups excluding carboxylic acids is 3. The molecular formula is C17H18N2O4. The van der Waals surface area contributed by atoms with E-state index >= 15 is 0 Å². The molecule has 2 amide bonds. The summed E-state index contributed by atoms with van der Waals surface area (Å²) in [6.45, 7) is 1.71. The van der Waals surface area contributed by atoms with Gasteiger partial charge in [-0.15, -0.1) is 0 Å². The zero-order valence-corrected chi connectivity index (χ0v) is 12.8. The van der Waals surface area contributed by atoms with Crippen LogP contribution >= 0.6 is 0 Å². The Bertz CT molecular complexity index is 727. The molecule has 0 heterocycles. The summed E-state index contributed by atoms with van der Waals surface area (Å²) in [4.78, 5) is 34.7. The molecule has 0 aliphatic carbocycles. The number of hydrogen-bond acceptors (Lipinski definition) is 4. The maximum Gasteiger partial charge on any atom is 0.338 e. The number of esters is 1. The lowest BCUT2D eigenvalue weighted by Crippen LogP contribution is -2.38. The van der Waals surface area contributed by atoms with Gasteiger partial charge in [-0.3, -0.25) is 9.59 Å². The Hall–Kier alpha value is -2.89. The molecule has 6 heteroatoms. The van der Waals surface area contributed by atoms with Crippen LogP contribution < -0.4 is 10.6 Å². The predicted octanol–water partition coefficient (Wildman–Crippen LogP) is 1.25. The third-order valence-corrected chi connectivity index (χ3v) is 3.14. The van der Waals surface area contributed by atoms with E-state index in [0.717, 1.165) is 10.8 Å². The van der Waals surface area contributed by atoms with Crippen molar-refractivity contribution in [1.82, 2.24) is 10.6 Å². The van der Waals surface area contributed by atoms with Crippen molar-refractivity contribution < 1.29 is 19.1 Å². The number of nitrogens with one attached hydrogen (secondary N) is 2. The van der Waals surface area contributed by atoms with Crippen LogP contribution in [0.4, 0.5) is 0 Å². The third-order valence-electron chi connectivity index (χ3n) is 3.14. The maximum atomic E-state index is 12.0. The Kier molecular flexibility index (Phi) is 5.68. The molecule has 0 aliphatic rings. The summed E-state index contributed by atoms with van der Waals surface area (Å²) < 4.78 is 4.95. The first kappa shape index (κ1) is 16.5. The Morgan fingerprint density at radius 2 is 1.70 bits per heavy atom. The Balaban J connectivity index is 1.86. The molecule has 0 unspecified atom stereocenters. The second kappa shape index (κ2) is 7.93. The van der Waals surface area contributed by atoms with E-state index < -0.39 is 18.5 Å². The number of benzene rings is 2. The van der Waals surface area contributed by atoms with E-state index in [0.29, 0.717) is 12.1 Å². The van der Waals surface area contributed by atoms with Gasteiger partial charge in [0, 0.05) is 6.54 Å². The van der Waals surface area contributed by atoms with Crippen molar-refractivity contribution in [2.24, 2.45) is 0 Å². The van der Waals surface area contributed by atoms with Crippen LogP contribution in [0.1, 0.15) is 17.3 Å². The lowest BCUT2D eigenvalue weighted by Gasteiger charge is -2.07. The summed E-state index contributed by atoms with van der Waals surface area (Å²) in [5, 5.41) is 6.86. The number of hydrogen-bond donors (Lipinski definition) is 2. The number of carbonyl (C=O) groups is 3. The topological polar surface area (TPSA) is 84.5 Å². The minimum absolute atomic E-state index is 0.139. The van der Waals surface area contributed by atoms with Gasteiger partial charge in [0.2, 0.25) is 5.91 Å². The molecule has 0 aliphatic heterocycles. The molecule has 0 aromatic heterocycles. The summed E-state index contributed by atoms with van der Waals surface area (Å²) in [6, 6.07) is 12.8. The van der Waals surface area contributed by atoms with Crippen LogP contribution in [0.15, 0.2) is 42.5 Å². The highest BCUT2D eigenvalue weighted by Crippen LogP contribution is 2.16. The summed E-state index contributed by atoms with van der Waals surface area (Å²) in [7, 11) is 0. The number of amides is 2. The van der Waals surface area contributed by atoms with Gasteiger partial charge in [-0.05, 0) is 29.8 Å². The largest absolute Gasteiger partial charge is 0.452 e. The van der Waals surface area contributed by atoms with E-state index in [2.05, 4.69) is 10.6 Å². The maximum absolute atomic E-state index is 12.0. The fourth-order valence-electron chi connectivity index (χ4n) is 2.02.